The fourth-order valence-electron chi connectivity index (χ4n) is 3.90. The van der Waals surface area contributed by atoms with E-state index in [0.29, 0.717) is 25.1 Å². The van der Waals surface area contributed by atoms with Gasteiger partial charge in [-0.1, -0.05) is 33.2 Å². The number of hydrazine groups is 1. The lowest BCUT2D eigenvalue weighted by atomic mass is 9.94. The number of hydrogen-bond donors (Lipinski definition) is 0. The molecule has 0 radical (unpaired) electrons. The van der Waals surface area contributed by atoms with Crippen LogP contribution in [0.25, 0.3) is 0 Å². The molecule has 0 aromatic heterocycles. The highest BCUT2D eigenvalue weighted by Crippen LogP contribution is 2.37. The first-order valence-corrected chi connectivity index (χ1v) is 10.4. The van der Waals surface area contributed by atoms with Crippen molar-refractivity contribution < 1.29 is 14.4 Å². The zero-order valence-corrected chi connectivity index (χ0v) is 18.3. The summed E-state index contributed by atoms with van der Waals surface area (Å²) < 4.78 is 6.43. The Hall–Kier alpha value is -2.38. The van der Waals surface area contributed by atoms with Crippen molar-refractivity contribution in [3.8, 4) is 5.75 Å². The zero-order valence-electron chi connectivity index (χ0n) is 16.8. The van der Waals surface area contributed by atoms with Gasteiger partial charge in [0, 0.05) is 28.1 Å². The van der Waals surface area contributed by atoms with E-state index in [0.717, 1.165) is 21.5 Å². The highest BCUT2D eigenvalue weighted by atomic mass is 79.9. The van der Waals surface area contributed by atoms with Crippen LogP contribution in [0.2, 0.25) is 0 Å². The summed E-state index contributed by atoms with van der Waals surface area (Å²) in [5, 5.41) is 8.26. The van der Waals surface area contributed by atoms with Crippen LogP contribution >= 0.6 is 15.9 Å². The van der Waals surface area contributed by atoms with E-state index in [2.05, 4.69) is 39.9 Å². The van der Waals surface area contributed by atoms with Crippen LogP contribution in [0.4, 0.5) is 0 Å². The molecule has 4 rings (SSSR count). The second-order valence-corrected chi connectivity index (χ2v) is 8.67. The predicted molar refractivity (Wildman–Crippen MR) is 115 cm³/mol. The smallest absolute Gasteiger partial charge is 0.268 e. The van der Waals surface area contributed by atoms with Crippen LogP contribution in [-0.2, 0) is 4.84 Å². The van der Waals surface area contributed by atoms with Gasteiger partial charge in [-0.25, -0.2) is 5.01 Å². The molecule has 0 saturated carbocycles. The Morgan fingerprint density at radius 1 is 1.17 bits per heavy atom. The number of halogens is 1. The van der Waals surface area contributed by atoms with Gasteiger partial charge in [-0.05, 0) is 50.2 Å². The molecule has 2 aromatic rings. The molecule has 1 spiro atoms. The molecule has 1 atom stereocenters. The molecule has 6 nitrogen and oxygen atoms in total. The van der Waals surface area contributed by atoms with E-state index >= 15 is 0 Å². The fourth-order valence-corrected chi connectivity index (χ4v) is 4.17. The highest BCUT2D eigenvalue weighted by molar-refractivity contribution is 9.10. The molecule has 7 heteroatoms. The Bertz CT molecular complexity index is 945. The topological polar surface area (TPSA) is 54.4 Å². The third kappa shape index (κ3) is 3.76. The number of methoxy groups -OCH3 is 1. The highest BCUT2D eigenvalue weighted by Gasteiger charge is 2.51. The standard InChI is InChI=1S/C22H24BrN3O3/c1-15(2)25-13-22(14-26(25)21(27)16-8-10-17(23)11-9-16)12-19(24-29-22)18-6-4-5-7-20(18)28-3/h4-11,15H,12-14H2,1-3H3. The maximum atomic E-state index is 13.2. The van der Waals surface area contributed by atoms with E-state index in [1.165, 1.54) is 0 Å². The summed E-state index contributed by atoms with van der Waals surface area (Å²) in [4.78, 5) is 19.2. The average Bonchev–Trinajstić information content (AvgIpc) is 3.32. The summed E-state index contributed by atoms with van der Waals surface area (Å²) in [5.41, 5.74) is 1.88. The van der Waals surface area contributed by atoms with Gasteiger partial charge in [0.1, 0.15) is 5.75 Å². The molecule has 0 bridgehead atoms. The third-order valence-corrected chi connectivity index (χ3v) is 5.91. The van der Waals surface area contributed by atoms with Crippen LogP contribution in [0, 0.1) is 0 Å². The lowest BCUT2D eigenvalue weighted by Gasteiger charge is -2.30. The Kier molecular flexibility index (Phi) is 5.36. The number of rotatable bonds is 4. The SMILES string of the molecule is COc1ccccc1C1=NOC2(C1)CN(C(=O)c1ccc(Br)cc1)N(C(C)C)C2. The summed E-state index contributed by atoms with van der Waals surface area (Å²) in [6.07, 6.45) is 0.626. The van der Waals surface area contributed by atoms with E-state index in [-0.39, 0.29) is 11.9 Å². The number of nitrogens with zero attached hydrogens (tertiary/aromatic N) is 3. The minimum absolute atomic E-state index is 0.0302. The molecular formula is C22H24BrN3O3. The summed E-state index contributed by atoms with van der Waals surface area (Å²) in [5.74, 6) is 0.742. The molecule has 1 fully saturated rings. The number of para-hydroxylation sites is 1. The van der Waals surface area contributed by atoms with Crippen molar-refractivity contribution in [1.82, 2.24) is 10.0 Å². The van der Waals surface area contributed by atoms with Gasteiger partial charge in [0.05, 0.1) is 25.9 Å². The van der Waals surface area contributed by atoms with Crippen LogP contribution in [0.1, 0.15) is 36.2 Å². The number of hydrogen-bond acceptors (Lipinski definition) is 5. The van der Waals surface area contributed by atoms with E-state index < -0.39 is 5.60 Å². The molecule has 1 unspecified atom stereocenters. The normalized spacial score (nSPS) is 21.6. The Labute approximate surface area is 179 Å². The maximum absolute atomic E-state index is 13.2. The molecule has 2 heterocycles. The van der Waals surface area contributed by atoms with Crippen LogP contribution in [-0.4, -0.2) is 53.5 Å². The molecule has 2 aliphatic heterocycles. The molecular weight excluding hydrogens is 434 g/mol. The minimum atomic E-state index is -0.550. The van der Waals surface area contributed by atoms with Gasteiger partial charge in [0.25, 0.3) is 5.91 Å². The van der Waals surface area contributed by atoms with Crippen molar-refractivity contribution >= 4 is 27.5 Å². The lowest BCUT2D eigenvalue weighted by molar-refractivity contribution is -0.00412. The van der Waals surface area contributed by atoms with Gasteiger partial charge in [0.15, 0.2) is 5.60 Å². The predicted octanol–water partition coefficient (Wildman–Crippen LogP) is 4.10. The lowest BCUT2D eigenvalue weighted by Crippen LogP contribution is -2.44. The van der Waals surface area contributed by atoms with E-state index in [1.54, 1.807) is 12.1 Å². The maximum Gasteiger partial charge on any atom is 0.268 e. The molecule has 1 amide bonds. The van der Waals surface area contributed by atoms with Crippen molar-refractivity contribution in [3.63, 3.8) is 0 Å². The van der Waals surface area contributed by atoms with Gasteiger partial charge in [-0.2, -0.15) is 0 Å². The fraction of sp³-hybridized carbons (Fsp3) is 0.364. The van der Waals surface area contributed by atoms with Crippen LogP contribution in [0.5, 0.6) is 5.75 Å². The van der Waals surface area contributed by atoms with Crippen LogP contribution in [0.3, 0.4) is 0 Å². The monoisotopic (exact) mass is 457 g/mol. The number of oxime groups is 1. The van der Waals surface area contributed by atoms with Gasteiger partial charge in [-0.15, -0.1) is 0 Å². The van der Waals surface area contributed by atoms with Crippen molar-refractivity contribution in [1.29, 1.82) is 0 Å². The second-order valence-electron chi connectivity index (χ2n) is 7.75. The second kappa shape index (κ2) is 7.80. The number of carbonyl (C=O) groups is 1. The van der Waals surface area contributed by atoms with E-state index in [9.17, 15) is 4.79 Å². The van der Waals surface area contributed by atoms with Crippen LogP contribution < -0.4 is 4.74 Å². The van der Waals surface area contributed by atoms with Crippen molar-refractivity contribution in [3.05, 3.63) is 64.1 Å². The Morgan fingerprint density at radius 3 is 2.59 bits per heavy atom. The number of carbonyl (C=O) groups excluding carboxylic acids is 1. The molecule has 0 N–H and O–H groups in total. The first kappa shape index (κ1) is 19.9. The Morgan fingerprint density at radius 2 is 1.90 bits per heavy atom. The summed E-state index contributed by atoms with van der Waals surface area (Å²) in [6, 6.07) is 15.4. The zero-order chi connectivity index (χ0) is 20.6. The first-order valence-electron chi connectivity index (χ1n) is 9.65. The van der Waals surface area contributed by atoms with Gasteiger partial charge >= 0.3 is 0 Å². The Balaban J connectivity index is 1.57. The number of ether oxygens (including phenoxy) is 1. The van der Waals surface area contributed by atoms with Crippen molar-refractivity contribution in [2.45, 2.75) is 31.9 Å². The molecule has 2 aromatic carbocycles. The van der Waals surface area contributed by atoms with Gasteiger partial charge in [0.2, 0.25) is 0 Å². The molecule has 29 heavy (non-hydrogen) atoms. The first-order chi connectivity index (χ1) is 13.9. The van der Waals surface area contributed by atoms with Gasteiger partial charge in [-0.3, -0.25) is 9.80 Å². The average molecular weight is 458 g/mol. The molecule has 1 saturated heterocycles. The quantitative estimate of drug-likeness (QED) is 0.693. The molecule has 0 aliphatic carbocycles. The third-order valence-electron chi connectivity index (χ3n) is 5.38. The summed E-state index contributed by atoms with van der Waals surface area (Å²) in [6.45, 7) is 5.23. The van der Waals surface area contributed by atoms with Crippen molar-refractivity contribution in [2.75, 3.05) is 20.2 Å². The van der Waals surface area contributed by atoms with Gasteiger partial charge < -0.3 is 9.57 Å². The molecule has 152 valence electrons. The summed E-state index contributed by atoms with van der Waals surface area (Å²) >= 11 is 3.42. The minimum Gasteiger partial charge on any atom is -0.496 e. The van der Waals surface area contributed by atoms with E-state index in [1.807, 2.05) is 48.5 Å². The van der Waals surface area contributed by atoms with Crippen molar-refractivity contribution in [2.24, 2.45) is 5.16 Å². The largest absolute Gasteiger partial charge is 0.496 e. The summed E-state index contributed by atoms with van der Waals surface area (Å²) in [7, 11) is 1.65. The molecule has 2 aliphatic rings. The number of amides is 1. The van der Waals surface area contributed by atoms with Crippen LogP contribution in [0.15, 0.2) is 58.2 Å². The van der Waals surface area contributed by atoms with E-state index in [4.69, 9.17) is 9.57 Å². The number of benzene rings is 2.